The van der Waals surface area contributed by atoms with Crippen LogP contribution in [0, 0.1) is 11.8 Å². The number of rotatable bonds is 5. The largest absolute Gasteiger partial charge is 0.504 e. The Morgan fingerprint density at radius 3 is 2.28 bits per heavy atom. The minimum atomic E-state index is -3.59. The number of phenols is 1. The number of amides is 1. The normalized spacial score (nSPS) is 20.2. The summed E-state index contributed by atoms with van der Waals surface area (Å²) < 4.78 is 32.4. The number of hydrogen-bond acceptors (Lipinski definition) is 5. The van der Waals surface area contributed by atoms with Gasteiger partial charge in [-0.1, -0.05) is 13.8 Å². The van der Waals surface area contributed by atoms with E-state index < -0.39 is 15.9 Å². The van der Waals surface area contributed by atoms with Crippen LogP contribution in [-0.2, 0) is 10.0 Å². The predicted octanol–water partition coefficient (Wildman–Crippen LogP) is 3.32. The predicted molar refractivity (Wildman–Crippen MR) is 111 cm³/mol. The zero-order chi connectivity index (χ0) is 21.2. The first kappa shape index (κ1) is 21.1. The van der Waals surface area contributed by atoms with Crippen LogP contribution in [0.5, 0.6) is 11.5 Å². The quantitative estimate of drug-likeness (QED) is 0.777. The molecule has 8 heteroatoms. The lowest BCUT2D eigenvalue weighted by Gasteiger charge is -2.34. The monoisotopic (exact) mass is 418 g/mol. The molecule has 1 aliphatic heterocycles. The van der Waals surface area contributed by atoms with Crippen molar-refractivity contribution in [1.82, 2.24) is 4.31 Å². The smallest absolute Gasteiger partial charge is 0.255 e. The van der Waals surface area contributed by atoms with Crippen LogP contribution in [0.3, 0.4) is 0 Å². The van der Waals surface area contributed by atoms with Crippen molar-refractivity contribution >= 4 is 21.6 Å². The first-order chi connectivity index (χ1) is 13.7. The second-order valence-corrected chi connectivity index (χ2v) is 9.57. The summed E-state index contributed by atoms with van der Waals surface area (Å²) in [5.41, 5.74) is 0.723. The van der Waals surface area contributed by atoms with Crippen molar-refractivity contribution in [3.05, 3.63) is 48.0 Å². The Labute approximate surface area is 171 Å². The van der Waals surface area contributed by atoms with E-state index in [1.807, 2.05) is 0 Å². The van der Waals surface area contributed by atoms with Crippen molar-refractivity contribution in [2.24, 2.45) is 11.8 Å². The molecule has 0 radical (unpaired) electrons. The molecule has 1 saturated heterocycles. The van der Waals surface area contributed by atoms with Crippen LogP contribution in [0.1, 0.15) is 30.6 Å². The van der Waals surface area contributed by atoms with E-state index in [9.17, 15) is 18.3 Å². The minimum Gasteiger partial charge on any atom is -0.504 e. The summed E-state index contributed by atoms with van der Waals surface area (Å²) >= 11 is 0. The summed E-state index contributed by atoms with van der Waals surface area (Å²) in [6.45, 7) is 5.14. The maximum atomic E-state index is 12.9. The molecule has 0 spiro atoms. The van der Waals surface area contributed by atoms with E-state index in [1.54, 1.807) is 12.1 Å². The number of piperidine rings is 1. The number of aromatic hydroxyl groups is 1. The van der Waals surface area contributed by atoms with Crippen LogP contribution >= 0.6 is 0 Å². The van der Waals surface area contributed by atoms with E-state index in [2.05, 4.69) is 19.2 Å². The molecule has 29 heavy (non-hydrogen) atoms. The highest BCUT2D eigenvalue weighted by molar-refractivity contribution is 7.89. The van der Waals surface area contributed by atoms with E-state index in [4.69, 9.17) is 4.74 Å². The fraction of sp³-hybridized carbons (Fsp3) is 0.381. The average molecular weight is 419 g/mol. The van der Waals surface area contributed by atoms with E-state index in [0.717, 1.165) is 6.42 Å². The molecule has 2 aromatic rings. The highest BCUT2D eigenvalue weighted by Crippen LogP contribution is 2.29. The summed E-state index contributed by atoms with van der Waals surface area (Å²) in [6.07, 6.45) is 1.02. The maximum Gasteiger partial charge on any atom is 0.255 e. The molecule has 7 nitrogen and oxygen atoms in total. The van der Waals surface area contributed by atoms with Crippen molar-refractivity contribution in [2.45, 2.75) is 25.2 Å². The number of carbonyl (C=O) groups is 1. The zero-order valence-corrected chi connectivity index (χ0v) is 17.6. The minimum absolute atomic E-state index is 0.0864. The third-order valence-electron chi connectivity index (χ3n) is 5.03. The molecule has 0 saturated carbocycles. The number of sulfonamides is 1. The number of methoxy groups -OCH3 is 1. The van der Waals surface area contributed by atoms with Gasteiger partial charge in [0.1, 0.15) is 0 Å². The number of benzene rings is 2. The molecule has 0 bridgehead atoms. The second-order valence-electron chi connectivity index (χ2n) is 7.63. The van der Waals surface area contributed by atoms with E-state index in [-0.39, 0.29) is 10.6 Å². The van der Waals surface area contributed by atoms with Gasteiger partial charge in [-0.15, -0.1) is 0 Å². The van der Waals surface area contributed by atoms with Gasteiger partial charge in [-0.2, -0.15) is 4.31 Å². The highest BCUT2D eigenvalue weighted by atomic mass is 32.2. The standard InChI is InChI=1S/C21H26N2O5S/c1-14-10-15(2)13-23(12-14)29(26,27)18-7-4-16(5-8-18)21(25)22-17-6-9-20(28-3)19(24)11-17/h4-9,11,14-15,24H,10,12-13H2,1-3H3,(H,22,25)/t14-,15-/m1/s1. The lowest BCUT2D eigenvalue weighted by Crippen LogP contribution is -2.42. The molecular weight excluding hydrogens is 392 g/mol. The van der Waals surface area contributed by atoms with Crippen LogP contribution in [0.15, 0.2) is 47.4 Å². The molecule has 2 atom stereocenters. The first-order valence-corrected chi connectivity index (χ1v) is 10.9. The number of anilines is 1. The van der Waals surface area contributed by atoms with Gasteiger partial charge in [0.05, 0.1) is 12.0 Å². The summed E-state index contributed by atoms with van der Waals surface area (Å²) in [5, 5.41) is 12.5. The number of nitrogens with one attached hydrogen (secondary N) is 1. The van der Waals surface area contributed by atoms with Gasteiger partial charge >= 0.3 is 0 Å². The van der Waals surface area contributed by atoms with Gasteiger partial charge in [0.2, 0.25) is 10.0 Å². The number of nitrogens with zero attached hydrogens (tertiary/aromatic N) is 1. The zero-order valence-electron chi connectivity index (χ0n) is 16.8. The molecule has 1 heterocycles. The van der Waals surface area contributed by atoms with Gasteiger partial charge in [-0.05, 0) is 54.7 Å². The Kier molecular flexibility index (Phi) is 6.14. The molecule has 0 unspecified atom stereocenters. The van der Waals surface area contributed by atoms with Crippen LogP contribution < -0.4 is 10.1 Å². The average Bonchev–Trinajstić information content (AvgIpc) is 2.67. The van der Waals surface area contributed by atoms with Gasteiger partial charge in [-0.3, -0.25) is 4.79 Å². The fourth-order valence-corrected chi connectivity index (χ4v) is 5.38. The third kappa shape index (κ3) is 4.71. The summed E-state index contributed by atoms with van der Waals surface area (Å²) in [7, 11) is -2.15. The summed E-state index contributed by atoms with van der Waals surface area (Å²) in [6, 6.07) is 10.4. The van der Waals surface area contributed by atoms with Crippen LogP contribution in [0.25, 0.3) is 0 Å². The van der Waals surface area contributed by atoms with Crippen molar-refractivity contribution < 1.29 is 23.1 Å². The lowest BCUT2D eigenvalue weighted by atomic mass is 9.94. The highest BCUT2D eigenvalue weighted by Gasteiger charge is 2.31. The second kappa shape index (κ2) is 8.42. The third-order valence-corrected chi connectivity index (χ3v) is 6.87. The maximum absolute atomic E-state index is 12.9. The Hall–Kier alpha value is -2.58. The molecular formula is C21H26N2O5S. The first-order valence-electron chi connectivity index (χ1n) is 9.49. The summed E-state index contributed by atoms with van der Waals surface area (Å²) in [4.78, 5) is 12.6. The van der Waals surface area contributed by atoms with Crippen molar-refractivity contribution in [1.29, 1.82) is 0 Å². The van der Waals surface area contributed by atoms with Crippen molar-refractivity contribution in [3.63, 3.8) is 0 Å². The van der Waals surface area contributed by atoms with Gasteiger partial charge in [0.25, 0.3) is 5.91 Å². The van der Waals surface area contributed by atoms with E-state index in [1.165, 1.54) is 41.7 Å². The van der Waals surface area contributed by atoms with Gasteiger partial charge in [-0.25, -0.2) is 8.42 Å². The Bertz CT molecular complexity index is 979. The van der Waals surface area contributed by atoms with Crippen LogP contribution in [-0.4, -0.2) is 43.9 Å². The van der Waals surface area contributed by atoms with E-state index in [0.29, 0.717) is 41.9 Å². The number of carbonyl (C=O) groups excluding carboxylic acids is 1. The summed E-state index contributed by atoms with van der Waals surface area (Å²) in [5.74, 6) is 0.452. The number of phenolic OH excluding ortho intramolecular Hbond substituents is 1. The Morgan fingerprint density at radius 2 is 1.72 bits per heavy atom. The number of hydrogen-bond donors (Lipinski definition) is 2. The van der Waals surface area contributed by atoms with Gasteiger partial charge in [0.15, 0.2) is 11.5 Å². The SMILES string of the molecule is COc1ccc(NC(=O)c2ccc(S(=O)(=O)N3C[C@H](C)C[C@@H](C)C3)cc2)cc1O. The molecule has 156 valence electrons. The molecule has 2 N–H and O–H groups in total. The number of ether oxygens (including phenoxy) is 1. The Morgan fingerprint density at radius 1 is 1.10 bits per heavy atom. The molecule has 0 aliphatic carbocycles. The van der Waals surface area contributed by atoms with Crippen molar-refractivity contribution in [3.8, 4) is 11.5 Å². The molecule has 3 rings (SSSR count). The lowest BCUT2D eigenvalue weighted by molar-refractivity contribution is 0.102. The molecule has 1 fully saturated rings. The molecule has 0 aromatic heterocycles. The van der Waals surface area contributed by atoms with E-state index >= 15 is 0 Å². The van der Waals surface area contributed by atoms with Crippen LogP contribution in [0.4, 0.5) is 5.69 Å². The fourth-order valence-electron chi connectivity index (χ4n) is 3.70. The topological polar surface area (TPSA) is 95.9 Å². The molecule has 1 aliphatic rings. The van der Waals surface area contributed by atoms with Crippen molar-refractivity contribution in [2.75, 3.05) is 25.5 Å². The van der Waals surface area contributed by atoms with Gasteiger partial charge < -0.3 is 15.2 Å². The Balaban J connectivity index is 1.74. The van der Waals surface area contributed by atoms with Crippen LogP contribution in [0.2, 0.25) is 0 Å². The molecule has 1 amide bonds. The van der Waals surface area contributed by atoms with Gasteiger partial charge in [0, 0.05) is 30.4 Å². The molecule has 2 aromatic carbocycles.